The summed E-state index contributed by atoms with van der Waals surface area (Å²) in [4.78, 5) is 23.7. The first kappa shape index (κ1) is 22.9. The monoisotopic (exact) mass is 449 g/mol. The minimum absolute atomic E-state index is 0.0626. The standard InChI is InChI=1S/C23H30F3N5O/c1-15-12-22(14-27-13-15,30-19(32)11-16-5-9-31(2)10-6-16)17-3-4-18(23(24,25)26)21-20(17)28-7-8-29-21/h3-4,7-8,15-16,27H,5-6,9-14H2,1-2H3,(H,30,32)/t15-,22-/m0/s1. The number of halogens is 3. The number of carbonyl (C=O) groups is 1. The molecule has 0 aliphatic carbocycles. The second kappa shape index (κ2) is 8.94. The van der Waals surface area contributed by atoms with Crippen LogP contribution in [0.2, 0.25) is 0 Å². The maximum absolute atomic E-state index is 13.6. The summed E-state index contributed by atoms with van der Waals surface area (Å²) in [6, 6.07) is 2.53. The quantitative estimate of drug-likeness (QED) is 0.750. The lowest BCUT2D eigenvalue weighted by Gasteiger charge is -2.42. The topological polar surface area (TPSA) is 70.2 Å². The van der Waals surface area contributed by atoms with E-state index >= 15 is 0 Å². The number of aromatic nitrogens is 2. The molecule has 0 unspecified atom stereocenters. The molecule has 2 atom stereocenters. The Morgan fingerprint density at radius 3 is 2.56 bits per heavy atom. The predicted molar refractivity (Wildman–Crippen MR) is 116 cm³/mol. The van der Waals surface area contributed by atoms with Crippen molar-refractivity contribution in [3.63, 3.8) is 0 Å². The van der Waals surface area contributed by atoms with E-state index in [0.29, 0.717) is 30.9 Å². The van der Waals surface area contributed by atoms with Crippen LogP contribution in [0.25, 0.3) is 11.0 Å². The van der Waals surface area contributed by atoms with Crippen molar-refractivity contribution in [1.82, 2.24) is 25.5 Å². The molecule has 174 valence electrons. The maximum atomic E-state index is 13.6. The number of amides is 1. The van der Waals surface area contributed by atoms with Crippen molar-refractivity contribution in [2.24, 2.45) is 11.8 Å². The fourth-order valence-electron chi connectivity index (χ4n) is 5.16. The second-order valence-electron chi connectivity index (χ2n) is 9.43. The number of alkyl halides is 3. The van der Waals surface area contributed by atoms with Gasteiger partial charge >= 0.3 is 6.18 Å². The molecule has 0 bridgehead atoms. The molecule has 2 N–H and O–H groups in total. The molecule has 0 saturated carbocycles. The summed E-state index contributed by atoms with van der Waals surface area (Å²) in [5.74, 6) is 0.496. The Kier molecular flexibility index (Phi) is 6.40. The predicted octanol–water partition coefficient (Wildman–Crippen LogP) is 3.32. The van der Waals surface area contributed by atoms with E-state index < -0.39 is 17.3 Å². The highest BCUT2D eigenvalue weighted by molar-refractivity contribution is 5.84. The van der Waals surface area contributed by atoms with Crippen molar-refractivity contribution in [1.29, 1.82) is 0 Å². The molecule has 2 saturated heterocycles. The fraction of sp³-hybridized carbons (Fsp3) is 0.609. The summed E-state index contributed by atoms with van der Waals surface area (Å²) in [6.45, 7) is 5.24. The third kappa shape index (κ3) is 4.73. The van der Waals surface area contributed by atoms with Crippen LogP contribution < -0.4 is 10.6 Å². The summed E-state index contributed by atoms with van der Waals surface area (Å²) >= 11 is 0. The number of benzene rings is 1. The molecular formula is C23H30F3N5O. The molecule has 0 radical (unpaired) electrons. The summed E-state index contributed by atoms with van der Waals surface area (Å²) in [5.41, 5.74) is -1.05. The number of likely N-dealkylation sites (tertiary alicyclic amines) is 1. The SMILES string of the molecule is C[C@@H]1CNC[C@](NC(=O)CC2CCN(C)CC2)(c2ccc(C(F)(F)F)c3nccnc23)C1. The van der Waals surface area contributed by atoms with Crippen LogP contribution in [-0.4, -0.2) is 54.0 Å². The van der Waals surface area contributed by atoms with Crippen LogP contribution in [0.3, 0.4) is 0 Å². The first-order chi connectivity index (χ1) is 15.2. The van der Waals surface area contributed by atoms with Gasteiger partial charge in [0.15, 0.2) is 0 Å². The smallest absolute Gasteiger partial charge is 0.345 e. The van der Waals surface area contributed by atoms with E-state index in [1.54, 1.807) is 0 Å². The van der Waals surface area contributed by atoms with Crippen LogP contribution in [0.1, 0.15) is 43.7 Å². The van der Waals surface area contributed by atoms with Gasteiger partial charge in [0.1, 0.15) is 5.52 Å². The number of piperidine rings is 2. The van der Waals surface area contributed by atoms with Gasteiger partial charge in [-0.1, -0.05) is 13.0 Å². The van der Waals surface area contributed by atoms with Gasteiger partial charge in [-0.15, -0.1) is 0 Å². The number of rotatable bonds is 4. The summed E-state index contributed by atoms with van der Waals surface area (Å²) < 4.78 is 40.8. The average molecular weight is 450 g/mol. The van der Waals surface area contributed by atoms with Crippen LogP contribution in [0.5, 0.6) is 0 Å². The highest BCUT2D eigenvalue weighted by Crippen LogP contribution is 2.39. The largest absolute Gasteiger partial charge is 0.418 e. The Hall–Kier alpha value is -2.26. The molecular weight excluding hydrogens is 419 g/mol. The van der Waals surface area contributed by atoms with Gasteiger partial charge in [-0.25, -0.2) is 0 Å². The molecule has 1 amide bonds. The minimum Gasteiger partial charge on any atom is -0.345 e. The van der Waals surface area contributed by atoms with Crippen molar-refractivity contribution in [3.8, 4) is 0 Å². The molecule has 2 fully saturated rings. The number of fused-ring (bicyclic) bond motifs is 1. The number of nitrogens with zero attached hydrogens (tertiary/aromatic N) is 3. The van der Waals surface area contributed by atoms with E-state index in [-0.39, 0.29) is 22.9 Å². The number of hydrogen-bond acceptors (Lipinski definition) is 5. The average Bonchev–Trinajstić information content (AvgIpc) is 2.73. The Bertz CT molecular complexity index is 974. The van der Waals surface area contributed by atoms with Gasteiger partial charge < -0.3 is 15.5 Å². The van der Waals surface area contributed by atoms with Crippen LogP contribution in [-0.2, 0) is 16.5 Å². The lowest BCUT2D eigenvalue weighted by molar-refractivity contribution is -0.136. The highest BCUT2D eigenvalue weighted by Gasteiger charge is 2.42. The van der Waals surface area contributed by atoms with E-state index in [4.69, 9.17) is 0 Å². The lowest BCUT2D eigenvalue weighted by atomic mass is 9.77. The van der Waals surface area contributed by atoms with Crippen LogP contribution in [0.15, 0.2) is 24.5 Å². The maximum Gasteiger partial charge on any atom is 0.418 e. The molecule has 0 spiro atoms. The van der Waals surface area contributed by atoms with E-state index in [1.807, 2.05) is 0 Å². The van der Waals surface area contributed by atoms with E-state index in [2.05, 4.69) is 39.5 Å². The first-order valence-corrected chi connectivity index (χ1v) is 11.2. The Morgan fingerprint density at radius 2 is 1.91 bits per heavy atom. The van der Waals surface area contributed by atoms with E-state index in [9.17, 15) is 18.0 Å². The normalized spacial score (nSPS) is 25.7. The molecule has 1 aromatic carbocycles. The Labute approximate surface area is 186 Å². The molecule has 4 rings (SSSR count). The summed E-state index contributed by atoms with van der Waals surface area (Å²) in [5, 5.41) is 6.58. The van der Waals surface area contributed by atoms with Crippen molar-refractivity contribution in [2.75, 3.05) is 33.2 Å². The summed E-state index contributed by atoms with van der Waals surface area (Å²) in [7, 11) is 2.08. The molecule has 32 heavy (non-hydrogen) atoms. The van der Waals surface area contributed by atoms with Crippen molar-refractivity contribution in [3.05, 3.63) is 35.7 Å². The van der Waals surface area contributed by atoms with Gasteiger partial charge in [0, 0.05) is 30.9 Å². The number of nitrogens with one attached hydrogen (secondary N) is 2. The molecule has 9 heteroatoms. The van der Waals surface area contributed by atoms with Gasteiger partial charge in [-0.05, 0) is 63.8 Å². The first-order valence-electron chi connectivity index (χ1n) is 11.2. The zero-order chi connectivity index (χ0) is 22.9. The zero-order valence-corrected chi connectivity index (χ0v) is 18.5. The molecule has 2 aromatic rings. The van der Waals surface area contributed by atoms with E-state index in [0.717, 1.165) is 38.5 Å². The third-order valence-corrected chi connectivity index (χ3v) is 6.75. The van der Waals surface area contributed by atoms with Crippen LogP contribution in [0.4, 0.5) is 13.2 Å². The lowest BCUT2D eigenvalue weighted by Crippen LogP contribution is -2.57. The molecule has 1 aromatic heterocycles. The van der Waals surface area contributed by atoms with Gasteiger partial charge in [0.05, 0.1) is 16.6 Å². The van der Waals surface area contributed by atoms with Gasteiger partial charge in [-0.2, -0.15) is 13.2 Å². The second-order valence-corrected chi connectivity index (χ2v) is 9.43. The van der Waals surface area contributed by atoms with Crippen LogP contribution in [0, 0.1) is 11.8 Å². The van der Waals surface area contributed by atoms with Crippen molar-refractivity contribution in [2.45, 2.75) is 44.3 Å². The molecule has 2 aliphatic heterocycles. The Morgan fingerprint density at radius 1 is 1.22 bits per heavy atom. The van der Waals surface area contributed by atoms with Gasteiger partial charge in [-0.3, -0.25) is 14.8 Å². The summed E-state index contributed by atoms with van der Waals surface area (Å²) in [6.07, 6.45) is 1.13. The molecule has 6 nitrogen and oxygen atoms in total. The minimum atomic E-state index is -4.53. The third-order valence-electron chi connectivity index (χ3n) is 6.75. The van der Waals surface area contributed by atoms with Crippen LogP contribution >= 0.6 is 0 Å². The van der Waals surface area contributed by atoms with E-state index in [1.165, 1.54) is 18.5 Å². The fourth-order valence-corrected chi connectivity index (χ4v) is 5.16. The van der Waals surface area contributed by atoms with Crippen molar-refractivity contribution >= 4 is 16.9 Å². The number of carbonyl (C=O) groups excluding carboxylic acids is 1. The Balaban J connectivity index is 1.69. The number of hydrogen-bond donors (Lipinski definition) is 2. The van der Waals surface area contributed by atoms with Crippen molar-refractivity contribution < 1.29 is 18.0 Å². The molecule has 2 aliphatic rings. The molecule has 3 heterocycles. The zero-order valence-electron chi connectivity index (χ0n) is 18.5. The van der Waals surface area contributed by atoms with Gasteiger partial charge in [0.2, 0.25) is 5.91 Å². The van der Waals surface area contributed by atoms with Gasteiger partial charge in [0.25, 0.3) is 0 Å². The highest BCUT2D eigenvalue weighted by atomic mass is 19.4.